The number of aliphatic hydroxyl groups excluding tert-OH is 1. The number of aliphatic hydroxyl groups is 1. The third-order valence-corrected chi connectivity index (χ3v) is 16.8. The van der Waals surface area contributed by atoms with Crippen molar-refractivity contribution < 1.29 is 72.4 Å². The number of hydrogen-bond donors (Lipinski definition) is 7. The minimum atomic E-state index is -1.23. The summed E-state index contributed by atoms with van der Waals surface area (Å²) in [5.74, 6) is -6.90. The van der Waals surface area contributed by atoms with E-state index in [2.05, 4.69) is 26.6 Å². The van der Waals surface area contributed by atoms with Gasteiger partial charge in [0.25, 0.3) is 0 Å². The molecule has 12 atom stereocenters. The molecule has 0 unspecified atom stereocenters. The molecule has 1 aliphatic heterocycles. The summed E-state index contributed by atoms with van der Waals surface area (Å²) in [6, 6.07) is 11.1. The number of nitrogens with one attached hydrogen (secondary N) is 5. The second-order valence-electron chi connectivity index (χ2n) is 24.6. The summed E-state index contributed by atoms with van der Waals surface area (Å²) in [5, 5.41) is 33.2. The van der Waals surface area contributed by atoms with Crippen LogP contribution in [0.3, 0.4) is 0 Å². The van der Waals surface area contributed by atoms with Gasteiger partial charge in [-0.3, -0.25) is 38.4 Å². The molecule has 496 valence electrons. The Labute approximate surface area is 526 Å². The number of nitrogens with zero attached hydrogens (tertiary/aromatic N) is 3. The number of anilines is 1. The van der Waals surface area contributed by atoms with Crippen LogP contribution in [-0.4, -0.2) is 174 Å². The normalized spacial score (nSPS) is 17.0. The Bertz CT molecular complexity index is 2670. The molecular weight excluding hydrogens is 1140 g/mol. The monoisotopic (exact) mass is 1250 g/mol. The molecule has 1 heterocycles. The van der Waals surface area contributed by atoms with E-state index in [0.717, 1.165) is 12.2 Å². The lowest BCUT2D eigenvalue weighted by Gasteiger charge is -2.41. The minimum Gasteiger partial charge on any atom is -0.478 e. The molecule has 3 rings (SSSR count). The van der Waals surface area contributed by atoms with Crippen molar-refractivity contribution in [3.63, 3.8) is 0 Å². The summed E-state index contributed by atoms with van der Waals surface area (Å²) in [4.78, 5) is 137. The molecule has 23 nitrogen and oxygen atoms in total. The molecule has 2 aromatic rings. The number of amides is 8. The van der Waals surface area contributed by atoms with Crippen LogP contribution in [0.15, 0.2) is 66.7 Å². The Balaban J connectivity index is 1.60. The summed E-state index contributed by atoms with van der Waals surface area (Å²) in [6.45, 7) is 20.5. The number of unbranched alkanes of at least 4 members (excludes halogenated alkanes) is 2. The Morgan fingerprint density at radius 2 is 1.38 bits per heavy atom. The predicted molar refractivity (Wildman–Crippen MR) is 337 cm³/mol. The Kier molecular flexibility index (Phi) is 32.2. The van der Waals surface area contributed by atoms with Crippen molar-refractivity contribution in [1.29, 1.82) is 0 Å². The van der Waals surface area contributed by atoms with Crippen molar-refractivity contribution in [1.82, 2.24) is 36.0 Å². The maximum absolute atomic E-state index is 14.8. The molecule has 89 heavy (non-hydrogen) atoms. The van der Waals surface area contributed by atoms with Gasteiger partial charge in [0.2, 0.25) is 41.4 Å². The van der Waals surface area contributed by atoms with E-state index in [1.54, 1.807) is 80.9 Å². The molecule has 8 amide bonds. The van der Waals surface area contributed by atoms with E-state index in [0.29, 0.717) is 68.4 Å². The molecule has 0 bridgehead atoms. The standard InChI is InChI=1S/C66H102N8O15/c1-16-42(8)59(52(87-14)37-55(78)74-35-23-26-50(74)61(88-15)43(9)62(82)68-44(10)60(81)47-24-19-17-20-25-47)72(12)65(85)49(39(2)3)36-51(75)58(41(6)7)73(13)66(86)89-38-46-28-30-48(31-29-46)70-63(83)45(11)69-64(84)57(40(4)5)71-54(77)27-21-18-22-34-67-53(76)32-33-56(79)80/h17,19-20,24-25,28-33,39-45,49-50,52,57-61,81H,16,18,21-23,26-27,34-38H2,1-15H3,(H,67,76)(H,68,82)(H,69,84)(H,70,83)(H,71,77)(H,79,80)/b33-32-/t42-,43+,44+,45-,49-,50-,52+,57-,58-,59-,60+,61+/m0/s1. The topological polar surface area (TPSA) is 309 Å². The van der Waals surface area contributed by atoms with Crippen LogP contribution in [0.25, 0.3) is 0 Å². The fourth-order valence-corrected chi connectivity index (χ4v) is 11.4. The highest BCUT2D eigenvalue weighted by molar-refractivity contribution is 5.98. The van der Waals surface area contributed by atoms with Crippen molar-refractivity contribution in [2.24, 2.45) is 35.5 Å². The number of carboxylic acids is 1. The molecule has 1 saturated heterocycles. The molecule has 0 radical (unpaired) electrons. The predicted octanol–water partition coefficient (Wildman–Crippen LogP) is 6.57. The van der Waals surface area contributed by atoms with E-state index >= 15 is 0 Å². The summed E-state index contributed by atoms with van der Waals surface area (Å²) in [5.41, 5.74) is 1.65. The summed E-state index contributed by atoms with van der Waals surface area (Å²) >= 11 is 0. The van der Waals surface area contributed by atoms with Crippen LogP contribution in [0.1, 0.15) is 151 Å². The van der Waals surface area contributed by atoms with E-state index in [1.807, 2.05) is 59.7 Å². The van der Waals surface area contributed by atoms with Crippen molar-refractivity contribution >= 4 is 64.9 Å². The zero-order valence-corrected chi connectivity index (χ0v) is 55.0. The van der Waals surface area contributed by atoms with Gasteiger partial charge in [-0.05, 0) is 86.5 Å². The van der Waals surface area contributed by atoms with Crippen LogP contribution in [0.5, 0.6) is 0 Å². The van der Waals surface area contributed by atoms with Crippen LogP contribution < -0.4 is 26.6 Å². The number of ether oxygens (including phenoxy) is 3. The first-order valence-electron chi connectivity index (χ1n) is 31.2. The van der Waals surface area contributed by atoms with E-state index < -0.39 is 96.2 Å². The number of rotatable bonds is 37. The summed E-state index contributed by atoms with van der Waals surface area (Å²) in [6.07, 6.45) is 2.07. The SMILES string of the molecule is CC[C@H](C)[C@@H]([C@@H](CC(=O)N1CCC[C@H]1[C@H](OC)[C@@H](C)C(=O)N[C@H](C)[C@@H](O)c1ccccc1)OC)N(C)C(=O)[C@@H](CC(=O)[C@H](C(C)C)N(C)C(=O)OCc1ccc(NC(=O)[C@H](C)NC(=O)[C@@H](NC(=O)CCCCCNC(=O)/C=C\C(=O)O)C(C)C)cc1)C(C)C. The largest absolute Gasteiger partial charge is 0.478 e. The van der Waals surface area contributed by atoms with Gasteiger partial charge in [-0.25, -0.2) is 9.59 Å². The molecule has 0 saturated carbocycles. The van der Waals surface area contributed by atoms with Crippen molar-refractivity contribution in [3.8, 4) is 0 Å². The van der Waals surface area contributed by atoms with Crippen LogP contribution in [0.4, 0.5) is 10.5 Å². The highest BCUT2D eigenvalue weighted by Gasteiger charge is 2.44. The smallest absolute Gasteiger partial charge is 0.410 e. The third-order valence-electron chi connectivity index (χ3n) is 16.8. The van der Waals surface area contributed by atoms with E-state index in [9.17, 15) is 53.1 Å². The van der Waals surface area contributed by atoms with Crippen LogP contribution in [-0.2, 0) is 64.0 Å². The molecule has 1 aliphatic rings. The molecule has 0 aliphatic carbocycles. The summed E-state index contributed by atoms with van der Waals surface area (Å²) in [7, 11) is 6.20. The van der Waals surface area contributed by atoms with Gasteiger partial charge in [0.05, 0.1) is 54.8 Å². The first-order valence-corrected chi connectivity index (χ1v) is 31.2. The van der Waals surface area contributed by atoms with Crippen molar-refractivity contribution in [2.75, 3.05) is 46.7 Å². The van der Waals surface area contributed by atoms with Gasteiger partial charge in [-0.15, -0.1) is 0 Å². The minimum absolute atomic E-state index is 0.0624. The fourth-order valence-electron chi connectivity index (χ4n) is 11.4. The number of carbonyl (C=O) groups is 10. The number of methoxy groups -OCH3 is 2. The molecule has 23 heteroatoms. The lowest BCUT2D eigenvalue weighted by atomic mass is 9.83. The van der Waals surface area contributed by atoms with Gasteiger partial charge in [0.1, 0.15) is 18.7 Å². The zero-order valence-electron chi connectivity index (χ0n) is 55.0. The van der Waals surface area contributed by atoms with Gasteiger partial charge in [0.15, 0.2) is 5.78 Å². The fraction of sp³-hybridized carbons (Fsp3) is 0.636. The number of likely N-dealkylation sites (tertiary alicyclic amines) is 1. The number of Topliss-reactive ketones (excluding diaryl/α,β-unsaturated/α-hetero) is 1. The van der Waals surface area contributed by atoms with Gasteiger partial charge >= 0.3 is 12.1 Å². The Morgan fingerprint density at radius 3 is 1.96 bits per heavy atom. The Hall–Kier alpha value is -7.24. The zero-order chi connectivity index (χ0) is 66.8. The van der Waals surface area contributed by atoms with Crippen LogP contribution in [0.2, 0.25) is 0 Å². The number of likely N-dealkylation sites (N-methyl/N-ethyl adjacent to an activating group) is 2. The lowest BCUT2D eigenvalue weighted by molar-refractivity contribution is -0.149. The van der Waals surface area contributed by atoms with Gasteiger partial charge in [-0.1, -0.05) is 118 Å². The second kappa shape index (κ2) is 37.7. The second-order valence-corrected chi connectivity index (χ2v) is 24.6. The van der Waals surface area contributed by atoms with Crippen molar-refractivity contribution in [3.05, 3.63) is 77.9 Å². The number of benzene rings is 2. The van der Waals surface area contributed by atoms with E-state index in [1.165, 1.54) is 33.1 Å². The van der Waals surface area contributed by atoms with Gasteiger partial charge in [-0.2, -0.15) is 0 Å². The van der Waals surface area contributed by atoms with E-state index in [-0.39, 0.29) is 79.0 Å². The van der Waals surface area contributed by atoms with Crippen LogP contribution >= 0.6 is 0 Å². The Morgan fingerprint density at radius 1 is 0.730 bits per heavy atom. The van der Waals surface area contributed by atoms with E-state index in [4.69, 9.17) is 19.3 Å². The molecule has 7 N–H and O–H groups in total. The van der Waals surface area contributed by atoms with Crippen molar-refractivity contribution in [2.45, 2.75) is 195 Å². The third kappa shape index (κ3) is 23.6. The average molecular weight is 1250 g/mol. The van der Waals surface area contributed by atoms with Crippen LogP contribution in [0, 0.1) is 35.5 Å². The molecule has 2 aromatic carbocycles. The number of ketones is 1. The van der Waals surface area contributed by atoms with Gasteiger partial charge in [0, 0.05) is 78.0 Å². The number of carboxylic acid groups (broad SMARTS) is 1. The highest BCUT2D eigenvalue weighted by atomic mass is 16.6. The lowest BCUT2D eigenvalue weighted by Crippen LogP contribution is -2.55. The average Bonchev–Trinajstić information content (AvgIpc) is 2.08. The number of carbonyl (C=O) groups excluding carboxylic acids is 9. The number of hydrogen-bond acceptors (Lipinski definition) is 14. The summed E-state index contributed by atoms with van der Waals surface area (Å²) < 4.78 is 17.7. The quantitative estimate of drug-likeness (QED) is 0.0278. The molecule has 1 fully saturated rings. The maximum atomic E-state index is 14.8. The molecule has 0 spiro atoms. The first kappa shape index (κ1) is 76.0. The molecule has 0 aromatic heterocycles. The van der Waals surface area contributed by atoms with Gasteiger partial charge < -0.3 is 65.7 Å². The first-order chi connectivity index (χ1) is 42.0. The highest BCUT2D eigenvalue weighted by Crippen LogP contribution is 2.32. The number of aliphatic carboxylic acids is 1. The maximum Gasteiger partial charge on any atom is 0.410 e. The molecular formula is C66H102N8O15.